The zero-order valence-corrected chi connectivity index (χ0v) is 14.7. The fourth-order valence-electron chi connectivity index (χ4n) is 2.41. The highest BCUT2D eigenvalue weighted by molar-refractivity contribution is 9.10. The molecule has 1 aliphatic rings. The average Bonchev–Trinajstić information content (AvgIpc) is 2.47. The smallest absolute Gasteiger partial charge is 0.243 e. The molecule has 0 saturated carbocycles. The summed E-state index contributed by atoms with van der Waals surface area (Å²) < 4.78 is 27.4. The lowest BCUT2D eigenvalue weighted by molar-refractivity contribution is -0.906. The topological polar surface area (TPSA) is 62.0 Å². The molecule has 2 N–H and O–H groups in total. The van der Waals surface area contributed by atoms with Crippen LogP contribution in [0.5, 0.6) is 0 Å². The van der Waals surface area contributed by atoms with Gasteiger partial charge in [-0.2, -0.15) is 4.31 Å². The Morgan fingerprint density at radius 1 is 1.38 bits per heavy atom. The lowest BCUT2D eigenvalue weighted by atomic mass is 10.3. The van der Waals surface area contributed by atoms with Crippen LogP contribution in [-0.2, 0) is 10.0 Å². The highest BCUT2D eigenvalue weighted by atomic mass is 79.9. The molecule has 1 aromatic rings. The van der Waals surface area contributed by atoms with E-state index in [4.69, 9.17) is 11.6 Å². The number of nitrogens with zero attached hydrogens (tertiary/aromatic N) is 1. The van der Waals surface area contributed by atoms with Gasteiger partial charge in [0.2, 0.25) is 10.0 Å². The summed E-state index contributed by atoms with van der Waals surface area (Å²) in [4.78, 5) is 1.49. The number of aliphatic hydroxyl groups excluding tert-OH is 1. The predicted molar refractivity (Wildman–Crippen MR) is 85.2 cm³/mol. The van der Waals surface area contributed by atoms with Gasteiger partial charge in [-0.1, -0.05) is 22.0 Å². The van der Waals surface area contributed by atoms with E-state index in [1.54, 1.807) is 24.3 Å². The van der Waals surface area contributed by atoms with Crippen molar-refractivity contribution >= 4 is 37.6 Å². The molecule has 1 fully saturated rings. The monoisotopic (exact) mass is 397 g/mol. The normalized spacial score (nSPS) is 19.6. The molecule has 8 heteroatoms. The zero-order valence-electron chi connectivity index (χ0n) is 11.5. The number of rotatable bonds is 5. The Balaban J connectivity index is 2.01. The third-order valence-corrected chi connectivity index (χ3v) is 6.31. The summed E-state index contributed by atoms with van der Waals surface area (Å²) in [6.45, 7) is 2.84. The number of piperazine rings is 1. The standard InChI is InChI=1S/C13H18BrClN2O3S/c14-11-2-1-3-13(8-11)21(19,20)17-6-4-16(5-7-17)10-12(18)9-15/h1-3,8,12,18H,4-7,9-10H2/p+1/t12-/m1/s1. The highest BCUT2D eigenvalue weighted by Gasteiger charge is 2.31. The molecule has 0 spiro atoms. The van der Waals surface area contributed by atoms with Gasteiger partial charge in [-0.05, 0) is 18.2 Å². The maximum Gasteiger partial charge on any atom is 0.243 e. The van der Waals surface area contributed by atoms with Gasteiger partial charge in [0.1, 0.15) is 12.6 Å². The van der Waals surface area contributed by atoms with Crippen LogP contribution >= 0.6 is 27.5 Å². The van der Waals surface area contributed by atoms with E-state index >= 15 is 0 Å². The van der Waals surface area contributed by atoms with E-state index < -0.39 is 16.1 Å². The molecule has 1 atom stereocenters. The first kappa shape index (κ1) is 17.2. The Morgan fingerprint density at radius 3 is 2.62 bits per heavy atom. The number of sulfonamides is 1. The van der Waals surface area contributed by atoms with Crippen molar-refractivity contribution in [3.63, 3.8) is 0 Å². The predicted octanol–water partition coefficient (Wildman–Crippen LogP) is -0.0620. The van der Waals surface area contributed by atoms with Crippen molar-refractivity contribution in [3.8, 4) is 0 Å². The zero-order chi connectivity index (χ0) is 15.5. The summed E-state index contributed by atoms with van der Waals surface area (Å²) in [6, 6.07) is 6.74. The summed E-state index contributed by atoms with van der Waals surface area (Å²) in [6.07, 6.45) is -0.532. The van der Waals surface area contributed by atoms with Crippen molar-refractivity contribution in [2.45, 2.75) is 11.0 Å². The van der Waals surface area contributed by atoms with Gasteiger partial charge in [-0.3, -0.25) is 0 Å². The summed E-state index contributed by atoms with van der Waals surface area (Å²) in [5.74, 6) is 0.212. The van der Waals surface area contributed by atoms with E-state index in [1.807, 2.05) is 0 Å². The number of halogens is 2. The summed E-state index contributed by atoms with van der Waals surface area (Å²) in [5.41, 5.74) is 0. The van der Waals surface area contributed by atoms with Crippen LogP contribution in [-0.4, -0.2) is 62.5 Å². The first-order valence-electron chi connectivity index (χ1n) is 6.77. The largest absolute Gasteiger partial charge is 0.386 e. The lowest BCUT2D eigenvalue weighted by Gasteiger charge is -2.32. The third-order valence-electron chi connectivity index (χ3n) is 3.57. The van der Waals surface area contributed by atoms with Crippen LogP contribution in [0, 0.1) is 0 Å². The van der Waals surface area contributed by atoms with Gasteiger partial charge >= 0.3 is 0 Å². The molecular weight excluding hydrogens is 380 g/mol. The van der Waals surface area contributed by atoms with Gasteiger partial charge in [-0.15, -0.1) is 11.6 Å². The van der Waals surface area contributed by atoms with Crippen molar-refractivity contribution < 1.29 is 18.4 Å². The Morgan fingerprint density at radius 2 is 2.05 bits per heavy atom. The van der Waals surface area contributed by atoms with Crippen LogP contribution in [0.4, 0.5) is 0 Å². The van der Waals surface area contributed by atoms with E-state index in [0.717, 1.165) is 4.47 Å². The van der Waals surface area contributed by atoms with Crippen LogP contribution in [0.2, 0.25) is 0 Å². The second kappa shape index (κ2) is 7.39. The molecular formula is C13H19BrClN2O3S+. The number of quaternary nitrogens is 1. The molecule has 1 aromatic carbocycles. The molecule has 1 heterocycles. The van der Waals surface area contributed by atoms with E-state index in [-0.39, 0.29) is 5.88 Å². The van der Waals surface area contributed by atoms with E-state index in [9.17, 15) is 13.5 Å². The molecule has 0 unspecified atom stereocenters. The molecule has 2 rings (SSSR count). The number of hydrogen-bond donors (Lipinski definition) is 2. The van der Waals surface area contributed by atoms with Crippen LogP contribution in [0.15, 0.2) is 33.6 Å². The molecule has 0 aliphatic carbocycles. The fourth-order valence-corrected chi connectivity index (χ4v) is 4.56. The summed E-state index contributed by atoms with van der Waals surface area (Å²) in [7, 11) is -3.44. The Bertz CT molecular complexity index is 577. The number of hydrogen-bond acceptors (Lipinski definition) is 3. The number of benzene rings is 1. The fraction of sp³-hybridized carbons (Fsp3) is 0.538. The Hall–Kier alpha value is -0.180. The van der Waals surface area contributed by atoms with Crippen molar-refractivity contribution in [2.75, 3.05) is 38.6 Å². The van der Waals surface area contributed by atoms with E-state index in [0.29, 0.717) is 37.6 Å². The van der Waals surface area contributed by atoms with E-state index in [2.05, 4.69) is 15.9 Å². The lowest BCUT2D eigenvalue weighted by Crippen LogP contribution is -3.15. The van der Waals surface area contributed by atoms with Crippen molar-refractivity contribution in [3.05, 3.63) is 28.7 Å². The van der Waals surface area contributed by atoms with Gasteiger partial charge in [0.05, 0.1) is 37.0 Å². The summed E-state index contributed by atoms with van der Waals surface area (Å²) in [5, 5.41) is 9.55. The molecule has 0 aromatic heterocycles. The third kappa shape index (κ3) is 4.40. The molecule has 5 nitrogen and oxygen atoms in total. The van der Waals surface area contributed by atoms with Gasteiger partial charge in [0.25, 0.3) is 0 Å². The van der Waals surface area contributed by atoms with Crippen molar-refractivity contribution in [1.82, 2.24) is 4.31 Å². The van der Waals surface area contributed by atoms with Crippen LogP contribution in [0.3, 0.4) is 0 Å². The molecule has 118 valence electrons. The minimum Gasteiger partial charge on any atom is -0.386 e. The van der Waals surface area contributed by atoms with Gasteiger partial charge < -0.3 is 10.0 Å². The Kier molecular flexibility index (Phi) is 6.05. The first-order chi connectivity index (χ1) is 9.93. The van der Waals surface area contributed by atoms with E-state index in [1.165, 1.54) is 9.21 Å². The maximum atomic E-state index is 12.5. The maximum absolute atomic E-state index is 12.5. The van der Waals surface area contributed by atoms with Gasteiger partial charge in [-0.25, -0.2) is 8.42 Å². The highest BCUT2D eigenvalue weighted by Crippen LogP contribution is 2.19. The molecule has 0 radical (unpaired) electrons. The minimum absolute atomic E-state index is 0.212. The van der Waals surface area contributed by atoms with Crippen molar-refractivity contribution in [2.24, 2.45) is 0 Å². The van der Waals surface area contributed by atoms with Crippen LogP contribution in [0.1, 0.15) is 0 Å². The average molecular weight is 399 g/mol. The number of nitrogens with one attached hydrogen (secondary N) is 1. The molecule has 0 bridgehead atoms. The molecule has 0 amide bonds. The molecule has 21 heavy (non-hydrogen) atoms. The second-order valence-corrected chi connectivity index (χ2v) is 8.29. The van der Waals surface area contributed by atoms with Crippen LogP contribution in [0.25, 0.3) is 0 Å². The minimum atomic E-state index is -3.44. The number of aliphatic hydroxyl groups is 1. The Labute approximate surface area is 138 Å². The second-order valence-electron chi connectivity index (χ2n) is 5.12. The first-order valence-corrected chi connectivity index (χ1v) is 9.53. The van der Waals surface area contributed by atoms with Gasteiger partial charge in [0.15, 0.2) is 0 Å². The van der Waals surface area contributed by atoms with Gasteiger partial charge in [0, 0.05) is 4.47 Å². The summed E-state index contributed by atoms with van der Waals surface area (Å²) >= 11 is 8.89. The van der Waals surface area contributed by atoms with Crippen LogP contribution < -0.4 is 4.90 Å². The SMILES string of the molecule is O=S(=O)(c1cccc(Br)c1)N1CC[NH+](C[C@H](O)CCl)CC1. The number of alkyl halides is 1. The molecule has 1 aliphatic heterocycles. The molecule has 1 saturated heterocycles. The van der Waals surface area contributed by atoms with Crippen molar-refractivity contribution in [1.29, 1.82) is 0 Å². The quantitative estimate of drug-likeness (QED) is 0.683.